The molecule has 0 atom stereocenters. The van der Waals surface area contributed by atoms with E-state index in [4.69, 9.17) is 0 Å². The second-order valence-electron chi connectivity index (χ2n) is 4.82. The van der Waals surface area contributed by atoms with E-state index in [1.807, 2.05) is 13.0 Å². The zero-order valence-corrected chi connectivity index (χ0v) is 11.2. The fourth-order valence-corrected chi connectivity index (χ4v) is 2.46. The lowest BCUT2D eigenvalue weighted by Gasteiger charge is -2.38. The number of nitrogens with zero attached hydrogens (tertiary/aromatic N) is 2. The van der Waals surface area contributed by atoms with Crippen molar-refractivity contribution < 1.29 is 4.39 Å². The molecule has 1 saturated heterocycles. The maximum absolute atomic E-state index is 13.1. The predicted octanol–water partition coefficient (Wildman–Crippen LogP) is 3.18. The van der Waals surface area contributed by atoms with Gasteiger partial charge in [0.05, 0.1) is 0 Å². The highest BCUT2D eigenvalue weighted by atomic mass is 19.1. The van der Waals surface area contributed by atoms with Gasteiger partial charge in [-0.1, -0.05) is 13.5 Å². The van der Waals surface area contributed by atoms with Crippen LogP contribution in [-0.4, -0.2) is 31.1 Å². The lowest BCUT2D eigenvalue weighted by atomic mass is 10.1. The van der Waals surface area contributed by atoms with Gasteiger partial charge in [-0.25, -0.2) is 4.39 Å². The molecule has 2 nitrogen and oxygen atoms in total. The van der Waals surface area contributed by atoms with Crippen molar-refractivity contribution in [2.75, 3.05) is 31.1 Å². The molecule has 98 valence electrons. The average molecular weight is 248 g/mol. The number of halogens is 1. The van der Waals surface area contributed by atoms with Gasteiger partial charge < -0.3 is 9.80 Å². The highest BCUT2D eigenvalue weighted by molar-refractivity contribution is 5.53. The Bertz CT molecular complexity index is 434. The van der Waals surface area contributed by atoms with E-state index in [9.17, 15) is 4.39 Å². The van der Waals surface area contributed by atoms with Crippen LogP contribution in [0.2, 0.25) is 0 Å². The Morgan fingerprint density at radius 3 is 2.50 bits per heavy atom. The molecule has 0 bridgehead atoms. The van der Waals surface area contributed by atoms with E-state index in [-0.39, 0.29) is 5.82 Å². The maximum atomic E-state index is 13.1. The van der Waals surface area contributed by atoms with Gasteiger partial charge in [0.2, 0.25) is 0 Å². The summed E-state index contributed by atoms with van der Waals surface area (Å²) in [6, 6.07) is 5.03. The third kappa shape index (κ3) is 2.66. The van der Waals surface area contributed by atoms with Crippen LogP contribution in [0.5, 0.6) is 0 Å². The van der Waals surface area contributed by atoms with Gasteiger partial charge in [-0.05, 0) is 37.1 Å². The summed E-state index contributed by atoms with van der Waals surface area (Å²) >= 11 is 0. The number of anilines is 1. The van der Waals surface area contributed by atoms with Crippen LogP contribution < -0.4 is 4.90 Å². The maximum Gasteiger partial charge on any atom is 0.123 e. The van der Waals surface area contributed by atoms with Gasteiger partial charge in [0.1, 0.15) is 5.82 Å². The third-order valence-corrected chi connectivity index (χ3v) is 3.63. The molecule has 1 heterocycles. The van der Waals surface area contributed by atoms with Crippen molar-refractivity contribution in [3.63, 3.8) is 0 Å². The van der Waals surface area contributed by atoms with Crippen molar-refractivity contribution in [1.29, 1.82) is 0 Å². The highest BCUT2D eigenvalue weighted by Gasteiger charge is 2.18. The summed E-state index contributed by atoms with van der Waals surface area (Å²) < 4.78 is 13.1. The van der Waals surface area contributed by atoms with Gasteiger partial charge in [-0.3, -0.25) is 0 Å². The van der Waals surface area contributed by atoms with Crippen LogP contribution >= 0.6 is 0 Å². The predicted molar refractivity (Wildman–Crippen MR) is 74.4 cm³/mol. The first kappa shape index (κ1) is 12.9. The number of rotatable bonds is 3. The fraction of sp³-hybridized carbons (Fsp3) is 0.467. The molecule has 18 heavy (non-hydrogen) atoms. The molecule has 0 unspecified atom stereocenters. The van der Waals surface area contributed by atoms with Gasteiger partial charge in [0.25, 0.3) is 0 Å². The number of piperazine rings is 1. The summed E-state index contributed by atoms with van der Waals surface area (Å²) in [7, 11) is 0. The molecule has 1 aliphatic heterocycles. The Morgan fingerprint density at radius 1 is 1.28 bits per heavy atom. The molecular weight excluding hydrogens is 227 g/mol. The summed E-state index contributed by atoms with van der Waals surface area (Å²) in [5.41, 5.74) is 3.38. The average Bonchev–Trinajstić information content (AvgIpc) is 2.38. The number of hydrogen-bond donors (Lipinski definition) is 0. The molecule has 3 heteroatoms. The van der Waals surface area contributed by atoms with E-state index in [0.717, 1.165) is 43.9 Å². The molecular formula is C15H21FN2. The largest absolute Gasteiger partial charge is 0.372 e. The molecule has 0 spiro atoms. The normalized spacial score (nSPS) is 15.9. The van der Waals surface area contributed by atoms with Crippen LogP contribution in [0.15, 0.2) is 30.5 Å². The van der Waals surface area contributed by atoms with Crippen LogP contribution in [0.4, 0.5) is 10.1 Å². The van der Waals surface area contributed by atoms with Crippen molar-refractivity contribution in [3.8, 4) is 0 Å². The second kappa shape index (κ2) is 5.42. The zero-order valence-electron chi connectivity index (χ0n) is 11.2. The first-order chi connectivity index (χ1) is 8.61. The van der Waals surface area contributed by atoms with Crippen LogP contribution in [0.1, 0.15) is 18.9 Å². The van der Waals surface area contributed by atoms with E-state index < -0.39 is 0 Å². The van der Waals surface area contributed by atoms with E-state index in [1.165, 1.54) is 5.70 Å². The van der Waals surface area contributed by atoms with Gasteiger partial charge in [0.15, 0.2) is 0 Å². The Hall–Kier alpha value is -1.51. The summed E-state index contributed by atoms with van der Waals surface area (Å²) in [6.45, 7) is 12.1. The standard InChI is InChI=1S/C15H21FN2/c1-4-13(3)17-7-9-18(10-8-17)15-6-5-14(16)11-12(15)2/h5-6,11H,3-4,7-10H2,1-2H3. The molecule has 1 fully saturated rings. The molecule has 1 aliphatic rings. The Morgan fingerprint density at radius 2 is 1.94 bits per heavy atom. The molecule has 0 radical (unpaired) electrons. The summed E-state index contributed by atoms with van der Waals surface area (Å²) in [6.07, 6.45) is 1.01. The summed E-state index contributed by atoms with van der Waals surface area (Å²) in [5, 5.41) is 0. The molecule has 1 aromatic carbocycles. The van der Waals surface area contributed by atoms with Gasteiger partial charge >= 0.3 is 0 Å². The zero-order chi connectivity index (χ0) is 13.1. The topological polar surface area (TPSA) is 6.48 Å². The van der Waals surface area contributed by atoms with Crippen molar-refractivity contribution in [3.05, 3.63) is 41.9 Å². The molecule has 0 aliphatic carbocycles. The van der Waals surface area contributed by atoms with Gasteiger partial charge in [-0.15, -0.1) is 0 Å². The first-order valence-corrected chi connectivity index (χ1v) is 6.55. The molecule has 2 rings (SSSR count). The highest BCUT2D eigenvalue weighted by Crippen LogP contribution is 2.23. The van der Waals surface area contributed by atoms with Crippen molar-refractivity contribution in [2.45, 2.75) is 20.3 Å². The minimum atomic E-state index is -0.158. The van der Waals surface area contributed by atoms with Crippen LogP contribution in [0.3, 0.4) is 0 Å². The van der Waals surface area contributed by atoms with Crippen molar-refractivity contribution in [2.24, 2.45) is 0 Å². The SMILES string of the molecule is C=C(CC)N1CCN(c2ccc(F)cc2C)CC1. The number of benzene rings is 1. The second-order valence-corrected chi connectivity index (χ2v) is 4.82. The van der Waals surface area contributed by atoms with Crippen molar-refractivity contribution >= 4 is 5.69 Å². The van der Waals surface area contributed by atoms with E-state index >= 15 is 0 Å². The third-order valence-electron chi connectivity index (χ3n) is 3.63. The van der Waals surface area contributed by atoms with E-state index in [1.54, 1.807) is 12.1 Å². The Kier molecular flexibility index (Phi) is 3.90. The van der Waals surface area contributed by atoms with Gasteiger partial charge in [-0.2, -0.15) is 0 Å². The lowest BCUT2D eigenvalue weighted by molar-refractivity contribution is 0.315. The molecule has 0 saturated carbocycles. The molecule has 1 aromatic rings. The Labute approximate surface area is 109 Å². The molecule has 0 amide bonds. The van der Waals surface area contributed by atoms with Gasteiger partial charge in [0, 0.05) is 37.6 Å². The van der Waals surface area contributed by atoms with Crippen LogP contribution in [-0.2, 0) is 0 Å². The monoisotopic (exact) mass is 248 g/mol. The van der Waals surface area contributed by atoms with Crippen molar-refractivity contribution in [1.82, 2.24) is 4.90 Å². The number of aryl methyl sites for hydroxylation is 1. The van der Waals surface area contributed by atoms with E-state index in [2.05, 4.69) is 23.3 Å². The fourth-order valence-electron chi connectivity index (χ4n) is 2.46. The lowest BCUT2D eigenvalue weighted by Crippen LogP contribution is -2.45. The molecule has 0 aromatic heterocycles. The first-order valence-electron chi connectivity index (χ1n) is 6.55. The number of hydrogen-bond acceptors (Lipinski definition) is 2. The summed E-state index contributed by atoms with van der Waals surface area (Å²) in [5.74, 6) is -0.158. The van der Waals surface area contributed by atoms with Crippen LogP contribution in [0, 0.1) is 12.7 Å². The van der Waals surface area contributed by atoms with Crippen LogP contribution in [0.25, 0.3) is 0 Å². The number of allylic oxidation sites excluding steroid dienone is 1. The minimum Gasteiger partial charge on any atom is -0.372 e. The van der Waals surface area contributed by atoms with E-state index in [0.29, 0.717) is 0 Å². The molecule has 0 N–H and O–H groups in total. The Balaban J connectivity index is 2.03. The quantitative estimate of drug-likeness (QED) is 0.810. The minimum absolute atomic E-state index is 0.158. The smallest absolute Gasteiger partial charge is 0.123 e. The summed E-state index contributed by atoms with van der Waals surface area (Å²) in [4.78, 5) is 4.67.